The minimum absolute atomic E-state index is 0.156. The van der Waals surface area contributed by atoms with E-state index in [-0.39, 0.29) is 18.7 Å². The SMILES string of the molecule is O=C(Cn1cnc(-c2ccccc2)cc1=O)NCc1ccccc1OC(F)(F)F. The van der Waals surface area contributed by atoms with Gasteiger partial charge in [-0.05, 0) is 6.07 Å². The summed E-state index contributed by atoms with van der Waals surface area (Å²) in [4.78, 5) is 28.5. The summed E-state index contributed by atoms with van der Waals surface area (Å²) in [6.07, 6.45) is -3.58. The maximum atomic E-state index is 12.5. The van der Waals surface area contributed by atoms with E-state index in [1.54, 1.807) is 12.1 Å². The van der Waals surface area contributed by atoms with E-state index in [0.29, 0.717) is 5.69 Å². The monoisotopic (exact) mass is 403 g/mol. The van der Waals surface area contributed by atoms with Gasteiger partial charge in [0, 0.05) is 23.7 Å². The maximum absolute atomic E-state index is 12.5. The molecular weight excluding hydrogens is 387 g/mol. The van der Waals surface area contributed by atoms with E-state index in [1.807, 2.05) is 18.2 Å². The Kier molecular flexibility index (Phi) is 5.96. The lowest BCUT2D eigenvalue weighted by molar-refractivity contribution is -0.274. The number of carbonyl (C=O) groups is 1. The fraction of sp³-hybridized carbons (Fsp3) is 0.150. The van der Waals surface area contributed by atoms with Crippen molar-refractivity contribution in [1.82, 2.24) is 14.9 Å². The minimum Gasteiger partial charge on any atom is -0.405 e. The second-order valence-corrected chi connectivity index (χ2v) is 6.04. The van der Waals surface area contributed by atoms with Gasteiger partial charge in [0.1, 0.15) is 12.3 Å². The van der Waals surface area contributed by atoms with Gasteiger partial charge in [-0.2, -0.15) is 0 Å². The zero-order valence-electron chi connectivity index (χ0n) is 15.0. The van der Waals surface area contributed by atoms with E-state index in [2.05, 4.69) is 15.0 Å². The number of halogens is 3. The van der Waals surface area contributed by atoms with Crippen LogP contribution in [0.5, 0.6) is 5.75 Å². The maximum Gasteiger partial charge on any atom is 0.573 e. The normalized spacial score (nSPS) is 11.1. The Labute approximate surface area is 163 Å². The molecule has 3 aromatic rings. The lowest BCUT2D eigenvalue weighted by Crippen LogP contribution is -2.32. The van der Waals surface area contributed by atoms with Gasteiger partial charge in [0.15, 0.2) is 0 Å². The minimum atomic E-state index is -4.83. The van der Waals surface area contributed by atoms with Crippen molar-refractivity contribution in [2.24, 2.45) is 0 Å². The summed E-state index contributed by atoms with van der Waals surface area (Å²) in [5.41, 5.74) is 0.978. The van der Waals surface area contributed by atoms with E-state index in [4.69, 9.17) is 0 Å². The molecule has 0 atom stereocenters. The first-order valence-electron chi connectivity index (χ1n) is 8.54. The summed E-state index contributed by atoms with van der Waals surface area (Å²) in [6, 6.07) is 15.9. The van der Waals surface area contributed by atoms with Crippen LogP contribution in [0.2, 0.25) is 0 Å². The van der Waals surface area contributed by atoms with Crippen molar-refractivity contribution < 1.29 is 22.7 Å². The lowest BCUT2D eigenvalue weighted by atomic mass is 10.1. The molecule has 0 bridgehead atoms. The Bertz CT molecular complexity index is 1050. The van der Waals surface area contributed by atoms with Gasteiger partial charge in [0.2, 0.25) is 5.91 Å². The van der Waals surface area contributed by atoms with Crippen LogP contribution in [-0.2, 0) is 17.9 Å². The van der Waals surface area contributed by atoms with Gasteiger partial charge in [0.25, 0.3) is 5.56 Å². The van der Waals surface area contributed by atoms with Crippen LogP contribution in [0, 0.1) is 0 Å². The van der Waals surface area contributed by atoms with Gasteiger partial charge < -0.3 is 10.1 Å². The zero-order chi connectivity index (χ0) is 20.9. The van der Waals surface area contributed by atoms with Crippen molar-refractivity contribution in [2.75, 3.05) is 0 Å². The summed E-state index contributed by atoms with van der Waals surface area (Å²) >= 11 is 0. The number of hydrogen-bond donors (Lipinski definition) is 1. The highest BCUT2D eigenvalue weighted by Crippen LogP contribution is 2.26. The molecule has 1 heterocycles. The largest absolute Gasteiger partial charge is 0.573 e. The number of nitrogens with one attached hydrogen (secondary N) is 1. The molecule has 29 heavy (non-hydrogen) atoms. The van der Waals surface area contributed by atoms with Crippen molar-refractivity contribution in [3.8, 4) is 17.0 Å². The number of carbonyl (C=O) groups excluding carboxylic acids is 1. The molecule has 1 amide bonds. The number of alkyl halides is 3. The summed E-state index contributed by atoms with van der Waals surface area (Å²) in [6.45, 7) is -0.501. The van der Waals surface area contributed by atoms with Crippen LogP contribution in [0.1, 0.15) is 5.56 Å². The van der Waals surface area contributed by atoms with E-state index in [0.717, 1.165) is 16.2 Å². The molecule has 6 nitrogen and oxygen atoms in total. The van der Waals surface area contributed by atoms with Gasteiger partial charge in [-0.15, -0.1) is 13.2 Å². The van der Waals surface area contributed by atoms with Crippen LogP contribution in [0.4, 0.5) is 13.2 Å². The molecule has 0 aliphatic heterocycles. The number of aromatic nitrogens is 2. The van der Waals surface area contributed by atoms with Crippen LogP contribution in [0.25, 0.3) is 11.3 Å². The lowest BCUT2D eigenvalue weighted by Gasteiger charge is -2.14. The van der Waals surface area contributed by atoms with Crippen molar-refractivity contribution in [3.05, 3.63) is 82.9 Å². The standard InChI is InChI=1S/C20H16F3N3O3/c21-20(22,23)29-17-9-5-4-8-15(17)11-24-18(27)12-26-13-25-16(10-19(26)28)14-6-2-1-3-7-14/h1-10,13H,11-12H2,(H,24,27). The molecule has 0 aliphatic carbocycles. The number of nitrogens with zero attached hydrogens (tertiary/aromatic N) is 2. The molecule has 3 rings (SSSR count). The van der Waals surface area contributed by atoms with E-state index in [1.165, 1.54) is 30.6 Å². The molecule has 0 saturated carbocycles. The third-order valence-corrected chi connectivity index (χ3v) is 3.94. The average Bonchev–Trinajstić information content (AvgIpc) is 2.68. The first-order chi connectivity index (χ1) is 13.8. The number of amides is 1. The highest BCUT2D eigenvalue weighted by molar-refractivity contribution is 5.75. The van der Waals surface area contributed by atoms with E-state index < -0.39 is 23.6 Å². The Morgan fingerprint density at radius 2 is 1.76 bits per heavy atom. The fourth-order valence-corrected chi connectivity index (χ4v) is 2.59. The molecule has 2 aromatic carbocycles. The Morgan fingerprint density at radius 1 is 1.07 bits per heavy atom. The molecule has 9 heteroatoms. The molecule has 1 aromatic heterocycles. The number of rotatable bonds is 6. The smallest absolute Gasteiger partial charge is 0.405 e. The molecule has 0 spiro atoms. The van der Waals surface area contributed by atoms with E-state index >= 15 is 0 Å². The second kappa shape index (κ2) is 8.59. The summed E-state index contributed by atoms with van der Waals surface area (Å²) < 4.78 is 42.4. The summed E-state index contributed by atoms with van der Waals surface area (Å²) in [7, 11) is 0. The predicted octanol–water partition coefficient (Wildman–Crippen LogP) is 3.13. The molecule has 1 N–H and O–H groups in total. The molecule has 0 aliphatic rings. The van der Waals surface area contributed by atoms with Crippen molar-refractivity contribution in [3.63, 3.8) is 0 Å². The highest BCUT2D eigenvalue weighted by Gasteiger charge is 2.31. The van der Waals surface area contributed by atoms with Crippen LogP contribution < -0.4 is 15.6 Å². The van der Waals surface area contributed by atoms with Gasteiger partial charge in [-0.3, -0.25) is 14.2 Å². The first kappa shape index (κ1) is 20.1. The topological polar surface area (TPSA) is 73.2 Å². The third kappa shape index (κ3) is 5.68. The van der Waals surface area contributed by atoms with Crippen LogP contribution in [0.3, 0.4) is 0 Å². The van der Waals surface area contributed by atoms with Gasteiger partial charge in [-0.25, -0.2) is 4.98 Å². The second-order valence-electron chi connectivity index (χ2n) is 6.04. The van der Waals surface area contributed by atoms with Crippen LogP contribution in [-0.4, -0.2) is 21.8 Å². The van der Waals surface area contributed by atoms with Crippen molar-refractivity contribution in [2.45, 2.75) is 19.5 Å². The molecule has 0 unspecified atom stereocenters. The van der Waals surface area contributed by atoms with Crippen molar-refractivity contribution >= 4 is 5.91 Å². The molecule has 0 radical (unpaired) electrons. The first-order valence-corrected chi connectivity index (χ1v) is 8.54. The Hall–Kier alpha value is -3.62. The summed E-state index contributed by atoms with van der Waals surface area (Å²) in [5, 5.41) is 2.47. The van der Waals surface area contributed by atoms with Gasteiger partial charge >= 0.3 is 6.36 Å². The molecule has 150 valence electrons. The van der Waals surface area contributed by atoms with Crippen LogP contribution in [0.15, 0.2) is 71.8 Å². The zero-order valence-corrected chi connectivity index (χ0v) is 15.0. The van der Waals surface area contributed by atoms with Crippen LogP contribution >= 0.6 is 0 Å². The number of hydrogen-bond acceptors (Lipinski definition) is 4. The average molecular weight is 403 g/mol. The Balaban J connectivity index is 1.64. The van der Waals surface area contributed by atoms with Gasteiger partial charge in [-0.1, -0.05) is 48.5 Å². The fourth-order valence-electron chi connectivity index (χ4n) is 2.59. The molecule has 0 fully saturated rings. The molecule has 0 saturated heterocycles. The third-order valence-electron chi connectivity index (χ3n) is 3.94. The number of benzene rings is 2. The highest BCUT2D eigenvalue weighted by atomic mass is 19.4. The number of ether oxygens (including phenoxy) is 1. The molecular formula is C20H16F3N3O3. The Morgan fingerprint density at radius 3 is 2.45 bits per heavy atom. The summed E-state index contributed by atoms with van der Waals surface area (Å²) in [5.74, 6) is -0.950. The van der Waals surface area contributed by atoms with Crippen molar-refractivity contribution in [1.29, 1.82) is 0 Å². The quantitative estimate of drug-likeness (QED) is 0.687. The predicted molar refractivity (Wildman–Crippen MR) is 98.9 cm³/mol. The number of para-hydroxylation sites is 1. The van der Waals surface area contributed by atoms with E-state index in [9.17, 15) is 22.8 Å². The van der Waals surface area contributed by atoms with Gasteiger partial charge in [0.05, 0.1) is 12.0 Å².